The Hall–Kier alpha value is -4.59. The van der Waals surface area contributed by atoms with Gasteiger partial charge in [0.15, 0.2) is 11.6 Å². The quantitative estimate of drug-likeness (QED) is 0.421. The first-order valence-corrected chi connectivity index (χ1v) is 10.0. The zero-order valence-corrected chi connectivity index (χ0v) is 17.6. The van der Waals surface area contributed by atoms with E-state index in [1.165, 1.54) is 36.5 Å². The summed E-state index contributed by atoms with van der Waals surface area (Å²) in [7, 11) is 0. The number of nitrogens with zero attached hydrogens (tertiary/aromatic N) is 2. The number of halogens is 1. The lowest BCUT2D eigenvalue weighted by molar-refractivity contribution is -0.111. The van der Waals surface area contributed by atoms with Crippen LogP contribution in [-0.2, 0) is 4.79 Å². The van der Waals surface area contributed by atoms with Crippen LogP contribution in [0.3, 0.4) is 0 Å². The maximum absolute atomic E-state index is 14.4. The van der Waals surface area contributed by atoms with Gasteiger partial charge in [0.1, 0.15) is 11.6 Å². The monoisotopic (exact) mass is 442 g/mol. The summed E-state index contributed by atoms with van der Waals surface area (Å²) in [5.74, 6) is -0.0612. The number of rotatable bonds is 6. The van der Waals surface area contributed by atoms with Gasteiger partial charge < -0.3 is 15.0 Å². The molecule has 0 aliphatic rings. The lowest BCUT2D eigenvalue weighted by atomic mass is 10.1. The molecule has 0 aliphatic carbocycles. The number of anilines is 1. The number of hydrogen-bond donors (Lipinski definition) is 2. The summed E-state index contributed by atoms with van der Waals surface area (Å²) in [6.45, 7) is 1.73. The molecule has 0 fully saturated rings. The number of ether oxygens (including phenoxy) is 1. The number of carbonyl (C=O) groups is 1. The van der Waals surface area contributed by atoms with E-state index in [0.717, 1.165) is 0 Å². The van der Waals surface area contributed by atoms with Gasteiger partial charge in [0, 0.05) is 35.3 Å². The van der Waals surface area contributed by atoms with Crippen molar-refractivity contribution in [3.05, 3.63) is 107 Å². The number of aromatic nitrogens is 3. The maximum Gasteiger partial charge on any atom is 0.251 e. The summed E-state index contributed by atoms with van der Waals surface area (Å²) < 4.78 is 19.8. The van der Waals surface area contributed by atoms with Gasteiger partial charge in [-0.3, -0.25) is 14.6 Å². The fraction of sp³-hybridized carbons (Fsp3) is 0.0400. The predicted molar refractivity (Wildman–Crippen MR) is 123 cm³/mol. The van der Waals surface area contributed by atoms with Gasteiger partial charge in [-0.1, -0.05) is 18.2 Å². The second-order valence-electron chi connectivity index (χ2n) is 7.12. The number of hydrogen-bond acceptors (Lipinski definition) is 5. The molecule has 0 aliphatic heterocycles. The minimum absolute atomic E-state index is 0.0595. The van der Waals surface area contributed by atoms with Crippen molar-refractivity contribution in [2.75, 3.05) is 5.32 Å². The first kappa shape index (κ1) is 21.6. The molecule has 2 aromatic carbocycles. The largest absolute Gasteiger partial charge is 0.453 e. The molecule has 8 heteroatoms. The SMILES string of the molecule is Cc1cc(=O)[nH]c(-c2cccc(NC(=O)/C=C/c3ccc(Oc4cccnc4)c(F)c3)c2)n1. The molecule has 33 heavy (non-hydrogen) atoms. The van der Waals surface area contributed by atoms with E-state index in [9.17, 15) is 14.0 Å². The zero-order chi connectivity index (χ0) is 23.2. The van der Waals surface area contributed by atoms with Crippen molar-refractivity contribution in [1.29, 1.82) is 0 Å². The minimum atomic E-state index is -0.561. The number of aromatic amines is 1. The predicted octanol–water partition coefficient (Wildman–Crippen LogP) is 4.72. The Morgan fingerprint density at radius 3 is 2.76 bits per heavy atom. The highest BCUT2D eigenvalue weighted by atomic mass is 19.1. The molecule has 0 atom stereocenters. The molecule has 2 aromatic heterocycles. The van der Waals surface area contributed by atoms with Gasteiger partial charge >= 0.3 is 0 Å². The number of amides is 1. The average Bonchev–Trinajstić information content (AvgIpc) is 2.79. The van der Waals surface area contributed by atoms with Crippen LogP contribution >= 0.6 is 0 Å². The van der Waals surface area contributed by atoms with E-state index in [-0.39, 0.29) is 11.3 Å². The van der Waals surface area contributed by atoms with Gasteiger partial charge in [-0.05, 0) is 55.0 Å². The fourth-order valence-corrected chi connectivity index (χ4v) is 3.05. The molecule has 1 amide bonds. The first-order chi connectivity index (χ1) is 16.0. The minimum Gasteiger partial charge on any atom is -0.453 e. The molecule has 0 radical (unpaired) electrons. The van der Waals surface area contributed by atoms with E-state index in [1.807, 2.05) is 0 Å². The third-order valence-corrected chi connectivity index (χ3v) is 4.52. The van der Waals surface area contributed by atoms with Crippen LogP contribution in [0.5, 0.6) is 11.5 Å². The Kier molecular flexibility index (Phi) is 6.36. The lowest BCUT2D eigenvalue weighted by Crippen LogP contribution is -2.10. The number of pyridine rings is 1. The van der Waals surface area contributed by atoms with E-state index in [2.05, 4.69) is 20.3 Å². The number of aryl methyl sites for hydroxylation is 1. The van der Waals surface area contributed by atoms with E-state index >= 15 is 0 Å². The first-order valence-electron chi connectivity index (χ1n) is 10.0. The Morgan fingerprint density at radius 2 is 2.00 bits per heavy atom. The van der Waals surface area contributed by atoms with Crippen LogP contribution in [0.15, 0.2) is 83.9 Å². The Morgan fingerprint density at radius 1 is 1.12 bits per heavy atom. The Balaban J connectivity index is 1.43. The molecule has 0 unspecified atom stereocenters. The molecule has 7 nitrogen and oxygen atoms in total. The van der Waals surface area contributed by atoms with Crippen molar-refractivity contribution in [3.63, 3.8) is 0 Å². The summed E-state index contributed by atoms with van der Waals surface area (Å²) in [5, 5.41) is 2.74. The van der Waals surface area contributed by atoms with Crippen LogP contribution in [-0.4, -0.2) is 20.9 Å². The van der Waals surface area contributed by atoms with Crippen molar-refractivity contribution >= 4 is 17.7 Å². The summed E-state index contributed by atoms with van der Waals surface area (Å²) >= 11 is 0. The van der Waals surface area contributed by atoms with Crippen LogP contribution in [0.4, 0.5) is 10.1 Å². The van der Waals surface area contributed by atoms with Crippen molar-refractivity contribution in [1.82, 2.24) is 15.0 Å². The highest BCUT2D eigenvalue weighted by Gasteiger charge is 2.07. The van der Waals surface area contributed by atoms with Crippen molar-refractivity contribution in [2.45, 2.75) is 6.92 Å². The van der Waals surface area contributed by atoms with Crippen LogP contribution < -0.4 is 15.6 Å². The second kappa shape index (κ2) is 9.69. The third kappa shape index (κ3) is 5.76. The molecule has 2 heterocycles. The number of benzene rings is 2. The molecule has 0 bridgehead atoms. The highest BCUT2D eigenvalue weighted by Crippen LogP contribution is 2.25. The topological polar surface area (TPSA) is 97.0 Å². The zero-order valence-electron chi connectivity index (χ0n) is 17.6. The fourth-order valence-electron chi connectivity index (χ4n) is 3.05. The number of nitrogens with one attached hydrogen (secondary N) is 2. The molecule has 164 valence electrons. The van der Waals surface area contributed by atoms with Crippen molar-refractivity contribution < 1.29 is 13.9 Å². The number of carbonyl (C=O) groups excluding carboxylic acids is 1. The van der Waals surface area contributed by atoms with Gasteiger partial charge in [0.25, 0.3) is 5.56 Å². The standard InChI is InChI=1S/C25H19FN4O3/c1-16-12-24(32)30-25(28-16)18-4-2-5-19(14-18)29-23(31)10-8-17-7-9-22(21(26)13-17)33-20-6-3-11-27-15-20/h2-15H,1H3,(H,29,31)(H,28,30,32)/b10-8+. The molecular formula is C25H19FN4O3. The van der Waals surface area contributed by atoms with E-state index in [0.29, 0.717) is 34.1 Å². The summed E-state index contributed by atoms with van der Waals surface area (Å²) in [6.07, 6.45) is 5.88. The van der Waals surface area contributed by atoms with Crippen LogP contribution in [0.1, 0.15) is 11.3 Å². The lowest BCUT2D eigenvalue weighted by Gasteiger charge is -2.07. The van der Waals surface area contributed by atoms with Gasteiger partial charge in [-0.2, -0.15) is 0 Å². The van der Waals surface area contributed by atoms with E-state index in [1.54, 1.807) is 55.6 Å². The Bertz CT molecular complexity index is 1380. The molecule has 0 spiro atoms. The van der Waals surface area contributed by atoms with Crippen LogP contribution in [0, 0.1) is 12.7 Å². The normalized spacial score (nSPS) is 10.8. The van der Waals surface area contributed by atoms with Gasteiger partial charge in [-0.25, -0.2) is 9.37 Å². The van der Waals surface area contributed by atoms with Gasteiger partial charge in [-0.15, -0.1) is 0 Å². The van der Waals surface area contributed by atoms with Crippen molar-refractivity contribution in [2.24, 2.45) is 0 Å². The smallest absolute Gasteiger partial charge is 0.251 e. The summed E-state index contributed by atoms with van der Waals surface area (Å²) in [5.41, 5.74) is 2.02. The number of H-pyrrole nitrogens is 1. The van der Waals surface area contributed by atoms with Crippen molar-refractivity contribution in [3.8, 4) is 22.9 Å². The molecule has 4 rings (SSSR count). The Labute approximate surface area is 188 Å². The van der Waals surface area contributed by atoms with E-state index < -0.39 is 11.7 Å². The van der Waals surface area contributed by atoms with Crippen LogP contribution in [0.2, 0.25) is 0 Å². The average molecular weight is 442 g/mol. The van der Waals surface area contributed by atoms with Gasteiger partial charge in [0.05, 0.1) is 6.20 Å². The maximum atomic E-state index is 14.4. The second-order valence-corrected chi connectivity index (χ2v) is 7.12. The summed E-state index contributed by atoms with van der Waals surface area (Å²) in [4.78, 5) is 34.9. The van der Waals surface area contributed by atoms with E-state index in [4.69, 9.17) is 4.74 Å². The molecular weight excluding hydrogens is 423 g/mol. The van der Waals surface area contributed by atoms with Crippen LogP contribution in [0.25, 0.3) is 17.5 Å². The molecule has 2 N–H and O–H groups in total. The highest BCUT2D eigenvalue weighted by molar-refractivity contribution is 6.02. The molecule has 0 saturated heterocycles. The third-order valence-electron chi connectivity index (χ3n) is 4.52. The molecule has 0 saturated carbocycles. The summed E-state index contributed by atoms with van der Waals surface area (Å²) in [6, 6.07) is 16.1. The molecule has 4 aromatic rings. The van der Waals surface area contributed by atoms with Gasteiger partial charge in [0.2, 0.25) is 5.91 Å².